The number of anilines is 1. The van der Waals surface area contributed by atoms with Crippen molar-refractivity contribution in [1.82, 2.24) is 0 Å². The highest BCUT2D eigenvalue weighted by Crippen LogP contribution is 2.26. The molecule has 0 aliphatic rings. The average Bonchev–Trinajstić information content (AvgIpc) is 2.61. The number of nitrogens with one attached hydrogen (secondary N) is 1. The van der Waals surface area contributed by atoms with E-state index < -0.39 is 22.0 Å². The lowest BCUT2D eigenvalue weighted by molar-refractivity contribution is -0.122. The van der Waals surface area contributed by atoms with Crippen molar-refractivity contribution < 1.29 is 22.7 Å². The molecule has 0 heterocycles. The van der Waals surface area contributed by atoms with Gasteiger partial charge in [-0.25, -0.2) is 13.6 Å². The van der Waals surface area contributed by atoms with Gasteiger partial charge in [0.1, 0.15) is 16.4 Å². The standard InChI is InChI=1S/C17H17N3O5S/c1-11(25-14-6-3-12(10-18)4-7-14)17(21)20-13-5-8-15(24-2)16(9-13)26(19,22)23/h3-9,11H,1-2H3,(H,20,21)(H2,19,22,23)/t11-/m0/s1. The van der Waals surface area contributed by atoms with E-state index in [1.165, 1.54) is 32.2 Å². The van der Waals surface area contributed by atoms with Gasteiger partial charge in [0.15, 0.2) is 6.10 Å². The van der Waals surface area contributed by atoms with Gasteiger partial charge in [-0.3, -0.25) is 4.79 Å². The quantitative estimate of drug-likeness (QED) is 0.788. The minimum atomic E-state index is -4.01. The highest BCUT2D eigenvalue weighted by molar-refractivity contribution is 7.89. The van der Waals surface area contributed by atoms with Crippen LogP contribution >= 0.6 is 0 Å². The van der Waals surface area contributed by atoms with Gasteiger partial charge in [-0.1, -0.05) is 0 Å². The average molecular weight is 375 g/mol. The third-order valence-electron chi connectivity index (χ3n) is 3.40. The number of nitrogens with zero attached hydrogens (tertiary/aromatic N) is 1. The van der Waals surface area contributed by atoms with E-state index in [2.05, 4.69) is 5.32 Å². The van der Waals surface area contributed by atoms with Crippen molar-refractivity contribution in [2.75, 3.05) is 12.4 Å². The molecular formula is C17H17N3O5S. The number of amides is 1. The molecular weight excluding hydrogens is 358 g/mol. The zero-order valence-corrected chi connectivity index (χ0v) is 14.9. The molecule has 26 heavy (non-hydrogen) atoms. The van der Waals surface area contributed by atoms with E-state index in [9.17, 15) is 13.2 Å². The Morgan fingerprint density at radius 3 is 2.42 bits per heavy atom. The zero-order chi connectivity index (χ0) is 19.3. The van der Waals surface area contributed by atoms with Gasteiger partial charge in [0.2, 0.25) is 10.0 Å². The second kappa shape index (κ2) is 7.86. The van der Waals surface area contributed by atoms with Crippen LogP contribution in [0.1, 0.15) is 12.5 Å². The number of nitriles is 1. The zero-order valence-electron chi connectivity index (χ0n) is 14.1. The van der Waals surface area contributed by atoms with Gasteiger partial charge in [-0.15, -0.1) is 0 Å². The fraction of sp³-hybridized carbons (Fsp3) is 0.176. The molecule has 1 atom stereocenters. The summed E-state index contributed by atoms with van der Waals surface area (Å²) in [6.07, 6.45) is -0.858. The Hall–Kier alpha value is -3.09. The number of carbonyl (C=O) groups excluding carboxylic acids is 1. The minimum absolute atomic E-state index is 0.0763. The van der Waals surface area contributed by atoms with Crippen molar-refractivity contribution in [3.05, 3.63) is 48.0 Å². The summed E-state index contributed by atoms with van der Waals surface area (Å²) in [5.74, 6) is 0.0129. The Morgan fingerprint density at radius 1 is 1.23 bits per heavy atom. The first-order valence-corrected chi connectivity index (χ1v) is 8.97. The van der Waals surface area contributed by atoms with Crippen molar-refractivity contribution >= 4 is 21.6 Å². The van der Waals surface area contributed by atoms with Crippen LogP contribution in [0.3, 0.4) is 0 Å². The Morgan fingerprint density at radius 2 is 1.88 bits per heavy atom. The van der Waals surface area contributed by atoms with Crippen LogP contribution in [0.25, 0.3) is 0 Å². The Balaban J connectivity index is 2.12. The van der Waals surface area contributed by atoms with Crippen molar-refractivity contribution in [3.8, 4) is 17.6 Å². The molecule has 1 amide bonds. The molecule has 0 saturated heterocycles. The molecule has 2 aromatic rings. The van der Waals surface area contributed by atoms with Gasteiger partial charge in [0.05, 0.1) is 18.7 Å². The molecule has 0 bridgehead atoms. The van der Waals surface area contributed by atoms with Gasteiger partial charge in [-0.2, -0.15) is 5.26 Å². The first kappa shape index (κ1) is 19.2. The fourth-order valence-corrected chi connectivity index (χ4v) is 2.81. The SMILES string of the molecule is COc1ccc(NC(=O)[C@H](C)Oc2ccc(C#N)cc2)cc1S(N)(=O)=O. The summed E-state index contributed by atoms with van der Waals surface area (Å²) >= 11 is 0. The molecule has 0 fully saturated rings. The minimum Gasteiger partial charge on any atom is -0.495 e. The number of carbonyl (C=O) groups is 1. The number of ether oxygens (including phenoxy) is 2. The van der Waals surface area contributed by atoms with Gasteiger partial charge < -0.3 is 14.8 Å². The van der Waals surface area contributed by atoms with Crippen LogP contribution in [-0.2, 0) is 14.8 Å². The highest BCUT2D eigenvalue weighted by Gasteiger charge is 2.19. The van der Waals surface area contributed by atoms with E-state index in [0.717, 1.165) is 0 Å². The van der Waals surface area contributed by atoms with E-state index in [1.807, 2.05) is 6.07 Å². The molecule has 2 aromatic carbocycles. The molecule has 0 radical (unpaired) electrons. The third kappa shape index (κ3) is 4.72. The summed E-state index contributed by atoms with van der Waals surface area (Å²) in [7, 11) is -2.70. The number of hydrogen-bond acceptors (Lipinski definition) is 6. The number of rotatable bonds is 6. The van der Waals surface area contributed by atoms with Gasteiger partial charge in [0, 0.05) is 5.69 Å². The van der Waals surface area contributed by atoms with Crippen molar-refractivity contribution in [1.29, 1.82) is 5.26 Å². The maximum Gasteiger partial charge on any atom is 0.265 e. The fourth-order valence-electron chi connectivity index (χ4n) is 2.09. The predicted octanol–water partition coefficient (Wildman–Crippen LogP) is 1.62. The topological polar surface area (TPSA) is 132 Å². The van der Waals surface area contributed by atoms with Crippen LogP contribution in [0.2, 0.25) is 0 Å². The van der Waals surface area contributed by atoms with Crippen LogP contribution in [-0.4, -0.2) is 27.5 Å². The molecule has 0 unspecified atom stereocenters. The number of benzene rings is 2. The van der Waals surface area contributed by atoms with Gasteiger partial charge >= 0.3 is 0 Å². The molecule has 3 N–H and O–H groups in total. The summed E-state index contributed by atoms with van der Waals surface area (Å²) in [4.78, 5) is 12.0. The molecule has 0 spiro atoms. The maximum absolute atomic E-state index is 12.3. The van der Waals surface area contributed by atoms with Crippen LogP contribution in [0, 0.1) is 11.3 Å². The summed E-state index contributed by atoms with van der Waals surface area (Å²) in [6.45, 7) is 1.54. The normalized spacial score (nSPS) is 11.9. The highest BCUT2D eigenvalue weighted by atomic mass is 32.2. The molecule has 9 heteroatoms. The van der Waals surface area contributed by atoms with E-state index in [0.29, 0.717) is 11.3 Å². The monoisotopic (exact) mass is 375 g/mol. The maximum atomic E-state index is 12.3. The number of methoxy groups -OCH3 is 1. The number of sulfonamides is 1. The van der Waals surface area contributed by atoms with Gasteiger partial charge in [0.25, 0.3) is 5.91 Å². The molecule has 8 nitrogen and oxygen atoms in total. The van der Waals surface area contributed by atoms with Crippen LogP contribution in [0.4, 0.5) is 5.69 Å². The lowest BCUT2D eigenvalue weighted by atomic mass is 10.2. The van der Waals surface area contributed by atoms with E-state index in [1.54, 1.807) is 24.3 Å². The van der Waals surface area contributed by atoms with Crippen LogP contribution < -0.4 is 19.9 Å². The Kier molecular flexibility index (Phi) is 5.82. The first-order chi connectivity index (χ1) is 12.2. The second-order valence-electron chi connectivity index (χ2n) is 5.30. The summed E-state index contributed by atoms with van der Waals surface area (Å²) in [6, 6.07) is 12.4. The molecule has 2 rings (SSSR count). The second-order valence-corrected chi connectivity index (χ2v) is 6.83. The predicted molar refractivity (Wildman–Crippen MR) is 94.2 cm³/mol. The number of hydrogen-bond donors (Lipinski definition) is 2. The lowest BCUT2D eigenvalue weighted by Crippen LogP contribution is -2.30. The Bertz CT molecular complexity index is 949. The summed E-state index contributed by atoms with van der Waals surface area (Å²) < 4.78 is 33.7. The van der Waals surface area contributed by atoms with Crippen molar-refractivity contribution in [2.24, 2.45) is 5.14 Å². The summed E-state index contributed by atoms with van der Waals surface area (Å²) in [5.41, 5.74) is 0.707. The molecule has 136 valence electrons. The molecule has 0 aliphatic heterocycles. The Labute approximate surface area is 151 Å². The van der Waals surface area contributed by atoms with E-state index in [4.69, 9.17) is 19.9 Å². The molecule has 0 aromatic heterocycles. The third-order valence-corrected chi connectivity index (χ3v) is 4.34. The van der Waals surface area contributed by atoms with Crippen molar-refractivity contribution in [3.63, 3.8) is 0 Å². The largest absolute Gasteiger partial charge is 0.495 e. The van der Waals surface area contributed by atoms with Crippen LogP contribution in [0.5, 0.6) is 11.5 Å². The van der Waals surface area contributed by atoms with Crippen LogP contribution in [0.15, 0.2) is 47.4 Å². The number of nitrogens with two attached hydrogens (primary N) is 1. The smallest absolute Gasteiger partial charge is 0.265 e. The molecule has 0 saturated carbocycles. The van der Waals surface area contributed by atoms with Crippen molar-refractivity contribution in [2.45, 2.75) is 17.9 Å². The van der Waals surface area contributed by atoms with E-state index >= 15 is 0 Å². The first-order valence-electron chi connectivity index (χ1n) is 7.43. The van der Waals surface area contributed by atoms with Gasteiger partial charge in [-0.05, 0) is 49.4 Å². The van der Waals surface area contributed by atoms with E-state index in [-0.39, 0.29) is 16.3 Å². The lowest BCUT2D eigenvalue weighted by Gasteiger charge is -2.15. The summed E-state index contributed by atoms with van der Waals surface area (Å²) in [5, 5.41) is 16.5. The molecule has 0 aliphatic carbocycles. The number of primary sulfonamides is 1.